The Balaban J connectivity index is 1.42. The van der Waals surface area contributed by atoms with Crippen LogP contribution in [0.2, 0.25) is 0 Å². The van der Waals surface area contributed by atoms with Crippen molar-refractivity contribution in [1.82, 2.24) is 10.6 Å². The second-order valence-electron chi connectivity index (χ2n) is 9.83. The molecule has 0 aliphatic heterocycles. The minimum Gasteiger partial charge on any atom is -0.449 e. The lowest BCUT2D eigenvalue weighted by Gasteiger charge is -2.12. The first-order chi connectivity index (χ1) is 21.3. The second-order valence-corrected chi connectivity index (χ2v) is 9.83. The number of carbonyl (C=O) groups excluding carboxylic acids is 4. The predicted molar refractivity (Wildman–Crippen MR) is 171 cm³/mol. The molecule has 234 valence electrons. The molecule has 0 aliphatic rings. The highest BCUT2D eigenvalue weighted by Gasteiger charge is 2.08. The fourth-order valence-corrected chi connectivity index (χ4v) is 3.84. The second kappa shape index (κ2) is 18.3. The van der Waals surface area contributed by atoms with E-state index in [4.69, 9.17) is 9.47 Å². The Labute approximate surface area is 257 Å². The van der Waals surface area contributed by atoms with Crippen LogP contribution in [0.25, 0.3) is 0 Å². The summed E-state index contributed by atoms with van der Waals surface area (Å²) in [6, 6.07) is 20.1. The van der Waals surface area contributed by atoms with E-state index in [-0.39, 0.29) is 13.1 Å². The van der Waals surface area contributed by atoms with Gasteiger partial charge in [0.25, 0.3) is 0 Å². The molecule has 0 aliphatic carbocycles. The van der Waals surface area contributed by atoms with Gasteiger partial charge in [0.2, 0.25) is 0 Å². The number of anilines is 4. The molecule has 0 radical (unpaired) electrons. The Morgan fingerprint density at radius 3 is 1.34 bits per heavy atom. The summed E-state index contributed by atoms with van der Waals surface area (Å²) in [7, 11) is 0. The molecule has 0 saturated carbocycles. The Kier molecular flexibility index (Phi) is 13.8. The van der Waals surface area contributed by atoms with E-state index in [9.17, 15) is 19.2 Å². The van der Waals surface area contributed by atoms with Gasteiger partial charge in [0.05, 0.1) is 13.2 Å². The van der Waals surface area contributed by atoms with Gasteiger partial charge in [-0.25, -0.2) is 19.2 Å². The number of rotatable bonds is 14. The van der Waals surface area contributed by atoms with Gasteiger partial charge in [0, 0.05) is 35.8 Å². The SMILES string of the molecule is CCCCOC(=O)Nc1cccc(NC(=O)NCc2cccc(CNC(=O)Nc3cccc(NC(=O)OCCCC)c3)c2)c1. The molecule has 44 heavy (non-hydrogen) atoms. The summed E-state index contributed by atoms with van der Waals surface area (Å²) >= 11 is 0. The smallest absolute Gasteiger partial charge is 0.411 e. The first-order valence-corrected chi connectivity index (χ1v) is 14.6. The Hall–Kier alpha value is -5.26. The molecule has 6 N–H and O–H groups in total. The zero-order valence-corrected chi connectivity index (χ0v) is 25.0. The molecule has 12 nitrogen and oxygen atoms in total. The highest BCUT2D eigenvalue weighted by Crippen LogP contribution is 2.17. The van der Waals surface area contributed by atoms with Crippen LogP contribution >= 0.6 is 0 Å². The molecule has 0 bridgehead atoms. The highest BCUT2D eigenvalue weighted by atomic mass is 16.6. The first-order valence-electron chi connectivity index (χ1n) is 14.6. The van der Waals surface area contributed by atoms with Crippen LogP contribution in [-0.4, -0.2) is 37.5 Å². The molecule has 3 aromatic carbocycles. The summed E-state index contributed by atoms with van der Waals surface area (Å²) < 4.78 is 10.2. The zero-order chi connectivity index (χ0) is 31.6. The van der Waals surface area contributed by atoms with Crippen LogP contribution in [0.4, 0.5) is 41.9 Å². The van der Waals surface area contributed by atoms with Crippen molar-refractivity contribution in [2.75, 3.05) is 34.5 Å². The summed E-state index contributed by atoms with van der Waals surface area (Å²) in [4.78, 5) is 48.7. The Morgan fingerprint density at radius 1 is 0.545 bits per heavy atom. The molecule has 12 heteroatoms. The fraction of sp³-hybridized carbons (Fsp3) is 0.312. The number of ether oxygens (including phenoxy) is 2. The molecule has 0 saturated heterocycles. The van der Waals surface area contributed by atoms with Gasteiger partial charge in [-0.3, -0.25) is 10.6 Å². The molecular formula is C32H40N6O6. The molecule has 0 aromatic heterocycles. The van der Waals surface area contributed by atoms with Crippen LogP contribution in [0, 0.1) is 0 Å². The summed E-state index contributed by atoms with van der Waals surface area (Å²) in [6.07, 6.45) is 2.34. The normalized spacial score (nSPS) is 10.2. The van der Waals surface area contributed by atoms with E-state index in [2.05, 4.69) is 31.9 Å². The largest absolute Gasteiger partial charge is 0.449 e. The van der Waals surface area contributed by atoms with Gasteiger partial charge in [-0.15, -0.1) is 0 Å². The van der Waals surface area contributed by atoms with E-state index in [0.717, 1.165) is 36.8 Å². The maximum Gasteiger partial charge on any atom is 0.411 e. The molecule has 0 heterocycles. The number of nitrogens with one attached hydrogen (secondary N) is 6. The standard InChI is InChI=1S/C32H40N6O6/c1-3-5-16-43-31(41)37-27-14-8-12-25(19-27)35-29(39)33-21-23-10-7-11-24(18-23)22-34-30(40)36-26-13-9-15-28(20-26)38-32(42)44-17-6-4-2/h7-15,18-20H,3-6,16-17,21-22H2,1-2H3,(H,37,41)(H,38,42)(H2,33,35,39)(H2,34,36,40). The summed E-state index contributed by atoms with van der Waals surface area (Å²) in [6.45, 7) is 5.23. The van der Waals surface area contributed by atoms with Crippen LogP contribution in [0.1, 0.15) is 50.7 Å². The van der Waals surface area contributed by atoms with Crippen molar-refractivity contribution in [2.45, 2.75) is 52.6 Å². The summed E-state index contributed by atoms with van der Waals surface area (Å²) in [5, 5.41) is 16.4. The Bertz CT molecular complexity index is 1300. The molecule has 6 amide bonds. The van der Waals surface area contributed by atoms with E-state index >= 15 is 0 Å². The first kappa shape index (κ1) is 33.2. The summed E-state index contributed by atoms with van der Waals surface area (Å²) in [5.41, 5.74) is 3.70. The number of hydrogen-bond acceptors (Lipinski definition) is 6. The lowest BCUT2D eigenvalue weighted by Crippen LogP contribution is -2.29. The molecule has 0 fully saturated rings. The van der Waals surface area contributed by atoms with Crippen molar-refractivity contribution < 1.29 is 28.7 Å². The molecular weight excluding hydrogens is 564 g/mol. The number of carbonyl (C=O) groups is 4. The number of hydrogen-bond donors (Lipinski definition) is 6. The van der Waals surface area contributed by atoms with Crippen LogP contribution in [0.5, 0.6) is 0 Å². The van der Waals surface area contributed by atoms with Gasteiger partial charge in [-0.05, 0) is 60.4 Å². The highest BCUT2D eigenvalue weighted by molar-refractivity contribution is 5.92. The predicted octanol–water partition coefficient (Wildman–Crippen LogP) is 7.03. The van der Waals surface area contributed by atoms with Gasteiger partial charge in [-0.2, -0.15) is 0 Å². The monoisotopic (exact) mass is 604 g/mol. The molecule has 3 rings (SSSR count). The van der Waals surface area contributed by atoms with Crippen molar-refractivity contribution in [2.24, 2.45) is 0 Å². The van der Waals surface area contributed by atoms with E-state index in [0.29, 0.717) is 36.0 Å². The van der Waals surface area contributed by atoms with E-state index < -0.39 is 24.2 Å². The Morgan fingerprint density at radius 2 is 0.932 bits per heavy atom. The van der Waals surface area contributed by atoms with Crippen molar-refractivity contribution in [1.29, 1.82) is 0 Å². The van der Waals surface area contributed by atoms with Crippen molar-refractivity contribution >= 4 is 47.0 Å². The van der Waals surface area contributed by atoms with Crippen molar-refractivity contribution in [3.8, 4) is 0 Å². The molecule has 0 atom stereocenters. The topological polar surface area (TPSA) is 159 Å². The maximum atomic E-state index is 12.5. The van der Waals surface area contributed by atoms with E-state index in [1.807, 2.05) is 38.1 Å². The number of unbranched alkanes of at least 4 members (excludes halogenated alkanes) is 2. The zero-order valence-electron chi connectivity index (χ0n) is 25.0. The quantitative estimate of drug-likeness (QED) is 0.108. The lowest BCUT2D eigenvalue weighted by molar-refractivity contribution is 0.159. The molecule has 0 unspecified atom stereocenters. The average Bonchev–Trinajstić information content (AvgIpc) is 3.00. The number of urea groups is 2. The third kappa shape index (κ3) is 12.7. The van der Waals surface area contributed by atoms with Crippen LogP contribution in [-0.2, 0) is 22.6 Å². The third-order valence-electron chi connectivity index (χ3n) is 6.09. The minimum absolute atomic E-state index is 0.258. The van der Waals surface area contributed by atoms with E-state index in [1.165, 1.54) is 0 Å². The number of amides is 6. The van der Waals surface area contributed by atoms with Crippen LogP contribution in [0.3, 0.4) is 0 Å². The molecule has 0 spiro atoms. The van der Waals surface area contributed by atoms with Gasteiger partial charge in [0.1, 0.15) is 0 Å². The summed E-state index contributed by atoms with van der Waals surface area (Å²) in [5.74, 6) is 0. The lowest BCUT2D eigenvalue weighted by atomic mass is 10.1. The van der Waals surface area contributed by atoms with Crippen LogP contribution < -0.4 is 31.9 Å². The minimum atomic E-state index is -0.546. The van der Waals surface area contributed by atoms with Crippen LogP contribution in [0.15, 0.2) is 72.8 Å². The molecule has 3 aromatic rings. The maximum absolute atomic E-state index is 12.5. The average molecular weight is 605 g/mol. The third-order valence-corrected chi connectivity index (χ3v) is 6.09. The van der Waals surface area contributed by atoms with Gasteiger partial charge < -0.3 is 30.7 Å². The van der Waals surface area contributed by atoms with Gasteiger partial charge in [-0.1, -0.05) is 63.1 Å². The number of benzene rings is 3. The van der Waals surface area contributed by atoms with Crippen molar-refractivity contribution in [3.63, 3.8) is 0 Å². The van der Waals surface area contributed by atoms with E-state index in [1.54, 1.807) is 48.5 Å². The van der Waals surface area contributed by atoms with Gasteiger partial charge in [0.15, 0.2) is 0 Å². The fourth-order valence-electron chi connectivity index (χ4n) is 3.84. The van der Waals surface area contributed by atoms with Crippen molar-refractivity contribution in [3.05, 3.63) is 83.9 Å². The van der Waals surface area contributed by atoms with Gasteiger partial charge >= 0.3 is 24.2 Å².